The Morgan fingerprint density at radius 2 is 1.48 bits per heavy atom. The standard InChI is InChI=1S/C20H23N3O5S/c1-20(2,3)28-19(27)23-15-8-10-16(11-9-15)29-21-12-17(24)22-14-6-4-13(5-7-14)18(25)26/h4-11,21H,12H2,1-3H3,(H,22,24)(H,23,27)(H,25,26). The second-order valence-corrected chi connectivity index (χ2v) is 7.97. The van der Waals surface area contributed by atoms with Gasteiger partial charge in [-0.05, 0) is 81.3 Å². The molecule has 2 rings (SSSR count). The summed E-state index contributed by atoms with van der Waals surface area (Å²) in [5, 5.41) is 14.2. The highest BCUT2D eigenvalue weighted by molar-refractivity contribution is 7.97. The molecule has 29 heavy (non-hydrogen) atoms. The fraction of sp³-hybridized carbons (Fsp3) is 0.250. The first-order valence-electron chi connectivity index (χ1n) is 8.75. The number of amides is 2. The van der Waals surface area contributed by atoms with Crippen molar-refractivity contribution in [3.05, 3.63) is 54.1 Å². The number of carbonyl (C=O) groups excluding carboxylic acids is 2. The van der Waals surface area contributed by atoms with Gasteiger partial charge in [-0.25, -0.2) is 9.59 Å². The largest absolute Gasteiger partial charge is 0.478 e. The van der Waals surface area contributed by atoms with Crippen molar-refractivity contribution in [2.45, 2.75) is 31.3 Å². The molecule has 4 N–H and O–H groups in total. The van der Waals surface area contributed by atoms with Gasteiger partial charge >= 0.3 is 12.1 Å². The molecule has 0 heterocycles. The van der Waals surface area contributed by atoms with Crippen molar-refractivity contribution >= 4 is 41.3 Å². The zero-order valence-electron chi connectivity index (χ0n) is 16.3. The number of benzene rings is 2. The number of carboxylic acid groups (broad SMARTS) is 1. The molecular weight excluding hydrogens is 394 g/mol. The van der Waals surface area contributed by atoms with Crippen LogP contribution in [0.5, 0.6) is 0 Å². The van der Waals surface area contributed by atoms with Gasteiger partial charge in [0.05, 0.1) is 12.1 Å². The van der Waals surface area contributed by atoms with Crippen LogP contribution in [0, 0.1) is 0 Å². The van der Waals surface area contributed by atoms with E-state index in [9.17, 15) is 14.4 Å². The van der Waals surface area contributed by atoms with Crippen molar-refractivity contribution in [1.29, 1.82) is 0 Å². The number of anilines is 2. The maximum Gasteiger partial charge on any atom is 0.412 e. The Morgan fingerprint density at radius 1 is 0.931 bits per heavy atom. The van der Waals surface area contributed by atoms with Gasteiger partial charge in [0.15, 0.2) is 0 Å². The van der Waals surface area contributed by atoms with Gasteiger partial charge < -0.3 is 15.2 Å². The number of hydrogen-bond donors (Lipinski definition) is 4. The van der Waals surface area contributed by atoms with Gasteiger partial charge in [0.1, 0.15) is 5.60 Å². The zero-order valence-corrected chi connectivity index (χ0v) is 17.1. The predicted octanol–water partition coefficient (Wildman–Crippen LogP) is 3.97. The third-order valence-corrected chi connectivity index (χ3v) is 4.13. The fourth-order valence-electron chi connectivity index (χ4n) is 2.11. The maximum atomic E-state index is 11.9. The van der Waals surface area contributed by atoms with Crippen LogP contribution in [-0.4, -0.2) is 35.2 Å². The van der Waals surface area contributed by atoms with Gasteiger partial charge in [0.2, 0.25) is 5.91 Å². The summed E-state index contributed by atoms with van der Waals surface area (Å²) in [6.07, 6.45) is -0.524. The molecule has 154 valence electrons. The molecule has 0 atom stereocenters. The Labute approximate surface area is 173 Å². The van der Waals surface area contributed by atoms with E-state index in [1.54, 1.807) is 45.0 Å². The summed E-state index contributed by atoms with van der Waals surface area (Å²) in [4.78, 5) is 35.4. The Balaban J connectivity index is 1.75. The molecule has 0 saturated carbocycles. The zero-order chi connectivity index (χ0) is 21.4. The first-order valence-corrected chi connectivity index (χ1v) is 9.57. The molecule has 0 saturated heterocycles. The molecule has 2 amide bonds. The summed E-state index contributed by atoms with van der Waals surface area (Å²) < 4.78 is 8.13. The molecule has 9 heteroatoms. The molecular formula is C20H23N3O5S. The average molecular weight is 417 g/mol. The first kappa shape index (κ1) is 22.3. The number of nitrogens with one attached hydrogen (secondary N) is 3. The molecule has 0 aromatic heterocycles. The first-order chi connectivity index (χ1) is 13.6. The minimum Gasteiger partial charge on any atom is -0.478 e. The van der Waals surface area contributed by atoms with E-state index in [4.69, 9.17) is 9.84 Å². The lowest BCUT2D eigenvalue weighted by atomic mass is 10.2. The minimum absolute atomic E-state index is 0.0588. The minimum atomic E-state index is -1.02. The summed E-state index contributed by atoms with van der Waals surface area (Å²) in [6, 6.07) is 13.0. The molecule has 2 aromatic rings. The van der Waals surface area contributed by atoms with Crippen LogP contribution in [0.2, 0.25) is 0 Å². The van der Waals surface area contributed by atoms with Crippen molar-refractivity contribution in [2.24, 2.45) is 0 Å². The number of ether oxygens (including phenoxy) is 1. The summed E-state index contributed by atoms with van der Waals surface area (Å²) in [6.45, 7) is 5.43. The van der Waals surface area contributed by atoms with E-state index in [1.165, 1.54) is 36.2 Å². The third kappa shape index (κ3) is 8.24. The lowest BCUT2D eigenvalue weighted by molar-refractivity contribution is -0.115. The van der Waals surface area contributed by atoms with Gasteiger partial charge in [-0.3, -0.25) is 14.8 Å². The van der Waals surface area contributed by atoms with Crippen LogP contribution in [-0.2, 0) is 9.53 Å². The van der Waals surface area contributed by atoms with E-state index in [2.05, 4.69) is 15.4 Å². The van der Waals surface area contributed by atoms with Gasteiger partial charge in [-0.2, -0.15) is 0 Å². The number of carbonyl (C=O) groups is 3. The number of aromatic carboxylic acids is 1. The van der Waals surface area contributed by atoms with Gasteiger partial charge in [-0.15, -0.1) is 0 Å². The third-order valence-electron chi connectivity index (χ3n) is 3.34. The van der Waals surface area contributed by atoms with Crippen molar-refractivity contribution in [3.8, 4) is 0 Å². The van der Waals surface area contributed by atoms with Crippen LogP contribution in [0.15, 0.2) is 53.4 Å². The Bertz CT molecular complexity index is 861. The van der Waals surface area contributed by atoms with E-state index in [0.717, 1.165) is 4.90 Å². The SMILES string of the molecule is CC(C)(C)OC(=O)Nc1ccc(SNCC(=O)Nc2ccc(C(=O)O)cc2)cc1. The smallest absolute Gasteiger partial charge is 0.412 e. The number of carboxylic acids is 1. The molecule has 0 aliphatic carbocycles. The second kappa shape index (κ2) is 9.94. The lowest BCUT2D eigenvalue weighted by Gasteiger charge is -2.19. The molecule has 0 radical (unpaired) electrons. The average Bonchev–Trinajstić information content (AvgIpc) is 2.62. The Morgan fingerprint density at radius 3 is 2.03 bits per heavy atom. The second-order valence-electron chi connectivity index (χ2n) is 7.01. The topological polar surface area (TPSA) is 117 Å². The number of rotatable bonds is 7. The van der Waals surface area contributed by atoms with E-state index in [1.807, 2.05) is 0 Å². The highest BCUT2D eigenvalue weighted by Gasteiger charge is 2.16. The van der Waals surface area contributed by atoms with Crippen molar-refractivity contribution in [3.63, 3.8) is 0 Å². The van der Waals surface area contributed by atoms with E-state index in [-0.39, 0.29) is 18.0 Å². The number of hydrogen-bond acceptors (Lipinski definition) is 6. The Hall–Kier alpha value is -3.04. The van der Waals surface area contributed by atoms with E-state index >= 15 is 0 Å². The fourth-order valence-corrected chi connectivity index (χ4v) is 2.76. The van der Waals surface area contributed by atoms with Crippen molar-refractivity contribution < 1.29 is 24.2 Å². The van der Waals surface area contributed by atoms with Crippen LogP contribution in [0.3, 0.4) is 0 Å². The molecule has 8 nitrogen and oxygen atoms in total. The van der Waals surface area contributed by atoms with Gasteiger partial charge in [0, 0.05) is 16.3 Å². The van der Waals surface area contributed by atoms with Gasteiger partial charge in [-0.1, -0.05) is 0 Å². The molecule has 2 aromatic carbocycles. The summed E-state index contributed by atoms with van der Waals surface area (Å²) in [5.74, 6) is -1.28. The van der Waals surface area contributed by atoms with Crippen LogP contribution >= 0.6 is 11.9 Å². The molecule has 0 bridgehead atoms. The maximum absolute atomic E-state index is 11.9. The summed E-state index contributed by atoms with van der Waals surface area (Å²) in [5.41, 5.74) is 0.708. The molecule has 0 spiro atoms. The molecule has 0 unspecified atom stereocenters. The van der Waals surface area contributed by atoms with Crippen LogP contribution in [0.4, 0.5) is 16.2 Å². The van der Waals surface area contributed by atoms with Crippen molar-refractivity contribution in [1.82, 2.24) is 4.72 Å². The lowest BCUT2D eigenvalue weighted by Crippen LogP contribution is -2.27. The summed E-state index contributed by atoms with van der Waals surface area (Å²) in [7, 11) is 0. The summed E-state index contributed by atoms with van der Waals surface area (Å²) >= 11 is 1.27. The highest BCUT2D eigenvalue weighted by atomic mass is 32.2. The van der Waals surface area contributed by atoms with Crippen LogP contribution in [0.25, 0.3) is 0 Å². The normalized spacial score (nSPS) is 10.9. The highest BCUT2D eigenvalue weighted by Crippen LogP contribution is 2.18. The van der Waals surface area contributed by atoms with E-state index < -0.39 is 17.7 Å². The Kier molecular flexibility index (Phi) is 7.63. The predicted molar refractivity (Wildman–Crippen MR) is 112 cm³/mol. The van der Waals surface area contributed by atoms with Crippen LogP contribution in [0.1, 0.15) is 31.1 Å². The molecule has 0 aliphatic heterocycles. The van der Waals surface area contributed by atoms with Crippen LogP contribution < -0.4 is 15.4 Å². The van der Waals surface area contributed by atoms with E-state index in [0.29, 0.717) is 11.4 Å². The monoisotopic (exact) mass is 417 g/mol. The van der Waals surface area contributed by atoms with Crippen molar-refractivity contribution in [2.75, 3.05) is 17.2 Å². The quantitative estimate of drug-likeness (QED) is 0.504. The molecule has 0 fully saturated rings. The molecule has 0 aliphatic rings. The van der Waals surface area contributed by atoms with Gasteiger partial charge in [0.25, 0.3) is 0 Å².